The highest BCUT2D eigenvalue weighted by Crippen LogP contribution is 2.29. The number of urea groups is 1. The van der Waals surface area contributed by atoms with E-state index in [1.54, 1.807) is 0 Å². The molecule has 2 amide bonds. The summed E-state index contributed by atoms with van der Waals surface area (Å²) in [7, 11) is 0. The smallest absolute Gasteiger partial charge is 0.319 e. The van der Waals surface area contributed by atoms with Crippen LogP contribution in [0.1, 0.15) is 25.5 Å². The second-order valence-electron chi connectivity index (χ2n) is 5.89. The van der Waals surface area contributed by atoms with E-state index in [0.717, 1.165) is 28.3 Å². The summed E-state index contributed by atoms with van der Waals surface area (Å²) in [5.41, 5.74) is 3.42. The maximum Gasteiger partial charge on any atom is 0.319 e. The zero-order chi connectivity index (χ0) is 18.5. The first-order valence-electron chi connectivity index (χ1n) is 8.46. The van der Waals surface area contributed by atoms with Gasteiger partial charge < -0.3 is 20.7 Å². The van der Waals surface area contributed by atoms with Gasteiger partial charge in [0.25, 0.3) is 0 Å². The molecule has 134 valence electrons. The molecular weight excluding hydrogens is 346 g/mol. The van der Waals surface area contributed by atoms with Crippen molar-refractivity contribution >= 4 is 28.9 Å². The average Bonchev–Trinajstić information content (AvgIpc) is 2.62. The number of para-hydroxylation sites is 1. The summed E-state index contributed by atoms with van der Waals surface area (Å²) in [6.07, 6.45) is 0. The third-order valence-corrected chi connectivity index (χ3v) is 4.39. The van der Waals surface area contributed by atoms with E-state index in [0.29, 0.717) is 11.6 Å². The number of anilines is 1. The Labute approximate surface area is 158 Å². The van der Waals surface area contributed by atoms with Crippen molar-refractivity contribution < 1.29 is 9.53 Å². The van der Waals surface area contributed by atoms with E-state index in [1.165, 1.54) is 0 Å². The van der Waals surface area contributed by atoms with Gasteiger partial charge in [-0.25, -0.2) is 4.79 Å². The van der Waals surface area contributed by atoms with Gasteiger partial charge in [-0.1, -0.05) is 42.5 Å². The molecule has 0 aromatic heterocycles. The lowest BCUT2D eigenvalue weighted by molar-refractivity contribution is 0.239. The highest BCUT2D eigenvalue weighted by atomic mass is 32.1. The lowest BCUT2D eigenvalue weighted by atomic mass is 9.95. The molecule has 0 spiro atoms. The fraction of sp³-hybridized carbons (Fsp3) is 0.200. The standard InChI is InChI=1S/C20H21N3O2S/c1-3-25-16-11-9-14(10-12-16)18-17(13(2)21-20(24)23-18)19(26)22-15-7-5-4-6-8-15/h4-12,18H,3H2,1-2H3,(H,22,26)(H2,21,23,24)/t18-/m1/s1. The van der Waals surface area contributed by atoms with Crippen LogP contribution >= 0.6 is 12.2 Å². The number of hydrogen-bond acceptors (Lipinski definition) is 3. The maximum absolute atomic E-state index is 12.0. The van der Waals surface area contributed by atoms with Gasteiger partial charge in [0.1, 0.15) is 10.7 Å². The minimum absolute atomic E-state index is 0.243. The van der Waals surface area contributed by atoms with Crippen LogP contribution < -0.4 is 20.7 Å². The fourth-order valence-electron chi connectivity index (χ4n) is 2.89. The van der Waals surface area contributed by atoms with E-state index in [1.807, 2.05) is 68.4 Å². The summed E-state index contributed by atoms with van der Waals surface area (Å²) < 4.78 is 5.49. The van der Waals surface area contributed by atoms with Crippen LogP contribution in [0, 0.1) is 0 Å². The number of ether oxygens (including phenoxy) is 1. The number of allylic oxidation sites excluding steroid dienone is 1. The molecule has 1 heterocycles. The van der Waals surface area contributed by atoms with E-state index >= 15 is 0 Å². The molecule has 26 heavy (non-hydrogen) atoms. The van der Waals surface area contributed by atoms with E-state index in [4.69, 9.17) is 17.0 Å². The van der Waals surface area contributed by atoms with E-state index in [2.05, 4.69) is 16.0 Å². The van der Waals surface area contributed by atoms with Gasteiger partial charge in [-0.15, -0.1) is 0 Å². The predicted octanol–water partition coefficient (Wildman–Crippen LogP) is 4.15. The molecule has 1 aliphatic rings. The van der Waals surface area contributed by atoms with Crippen molar-refractivity contribution in [2.45, 2.75) is 19.9 Å². The summed E-state index contributed by atoms with van der Waals surface area (Å²) in [5.74, 6) is 0.795. The fourth-order valence-corrected chi connectivity index (χ4v) is 3.28. The first-order chi connectivity index (χ1) is 12.6. The molecule has 0 saturated carbocycles. The molecule has 6 heteroatoms. The van der Waals surface area contributed by atoms with Gasteiger partial charge in [-0.05, 0) is 43.7 Å². The third-order valence-electron chi connectivity index (χ3n) is 4.07. The van der Waals surface area contributed by atoms with Crippen LogP contribution in [-0.2, 0) is 0 Å². The largest absolute Gasteiger partial charge is 0.494 e. The molecule has 0 radical (unpaired) electrons. The van der Waals surface area contributed by atoms with Gasteiger partial charge in [-0.3, -0.25) is 0 Å². The second-order valence-corrected chi connectivity index (χ2v) is 6.30. The third kappa shape index (κ3) is 4.03. The number of hydrogen-bond donors (Lipinski definition) is 3. The van der Waals surface area contributed by atoms with Crippen LogP contribution in [0.5, 0.6) is 5.75 Å². The SMILES string of the molecule is CCOc1ccc([C@H]2NC(=O)NC(C)=C2C(=S)Nc2ccccc2)cc1. The predicted molar refractivity (Wildman–Crippen MR) is 107 cm³/mol. The Balaban J connectivity index is 1.90. The number of carbonyl (C=O) groups excluding carboxylic acids is 1. The Morgan fingerprint density at radius 3 is 2.50 bits per heavy atom. The molecule has 2 aromatic rings. The Kier molecular flexibility index (Phi) is 5.53. The van der Waals surface area contributed by atoms with E-state index < -0.39 is 0 Å². The van der Waals surface area contributed by atoms with Crippen LogP contribution in [-0.4, -0.2) is 17.6 Å². The molecule has 5 nitrogen and oxygen atoms in total. The zero-order valence-corrected chi connectivity index (χ0v) is 15.5. The normalized spacial score (nSPS) is 16.5. The molecule has 3 N–H and O–H groups in total. The monoisotopic (exact) mass is 367 g/mol. The Bertz CT molecular complexity index is 832. The summed E-state index contributed by atoms with van der Waals surface area (Å²) >= 11 is 5.63. The molecule has 1 aliphatic heterocycles. The molecule has 2 aromatic carbocycles. The molecule has 3 rings (SSSR count). The quantitative estimate of drug-likeness (QED) is 0.695. The lowest BCUT2D eigenvalue weighted by Gasteiger charge is -2.30. The van der Waals surface area contributed by atoms with E-state index in [-0.39, 0.29) is 12.1 Å². The second kappa shape index (κ2) is 8.01. The van der Waals surface area contributed by atoms with E-state index in [9.17, 15) is 4.79 Å². The van der Waals surface area contributed by atoms with Crippen LogP contribution in [0.4, 0.5) is 10.5 Å². The number of rotatable bonds is 5. The molecular formula is C20H21N3O2S. The van der Waals surface area contributed by atoms with Gasteiger partial charge in [0, 0.05) is 17.0 Å². The van der Waals surface area contributed by atoms with Crippen LogP contribution in [0.2, 0.25) is 0 Å². The minimum atomic E-state index is -0.330. The number of amides is 2. The number of carbonyl (C=O) groups is 1. The summed E-state index contributed by atoms with van der Waals surface area (Å²) in [4.78, 5) is 12.6. The van der Waals surface area contributed by atoms with Crippen molar-refractivity contribution in [3.8, 4) is 5.75 Å². The van der Waals surface area contributed by atoms with Crippen molar-refractivity contribution in [2.24, 2.45) is 0 Å². The van der Waals surface area contributed by atoms with Crippen molar-refractivity contribution in [3.63, 3.8) is 0 Å². The van der Waals surface area contributed by atoms with Gasteiger partial charge >= 0.3 is 6.03 Å². The van der Waals surface area contributed by atoms with Crippen LogP contribution in [0.15, 0.2) is 65.9 Å². The van der Waals surface area contributed by atoms with Crippen molar-refractivity contribution in [3.05, 3.63) is 71.4 Å². The highest BCUT2D eigenvalue weighted by molar-refractivity contribution is 7.81. The Morgan fingerprint density at radius 2 is 1.85 bits per heavy atom. The van der Waals surface area contributed by atoms with Crippen LogP contribution in [0.3, 0.4) is 0 Å². The molecule has 0 saturated heterocycles. The zero-order valence-electron chi connectivity index (χ0n) is 14.7. The van der Waals surface area contributed by atoms with Gasteiger partial charge in [0.05, 0.1) is 12.6 Å². The van der Waals surface area contributed by atoms with Gasteiger partial charge in [-0.2, -0.15) is 0 Å². The summed E-state index contributed by atoms with van der Waals surface area (Å²) in [5, 5.41) is 9.01. The topological polar surface area (TPSA) is 62.4 Å². The first-order valence-corrected chi connectivity index (χ1v) is 8.86. The van der Waals surface area contributed by atoms with Gasteiger partial charge in [0.15, 0.2) is 0 Å². The average molecular weight is 367 g/mol. The summed E-state index contributed by atoms with van der Waals surface area (Å²) in [6, 6.07) is 16.8. The number of thiocarbonyl (C=S) groups is 1. The molecule has 0 unspecified atom stereocenters. The molecule has 0 fully saturated rings. The number of nitrogens with one attached hydrogen (secondary N) is 3. The minimum Gasteiger partial charge on any atom is -0.494 e. The van der Waals surface area contributed by atoms with Crippen LogP contribution in [0.25, 0.3) is 0 Å². The Hall–Kier alpha value is -2.86. The molecule has 1 atom stereocenters. The summed E-state index contributed by atoms with van der Waals surface area (Å²) in [6.45, 7) is 4.41. The van der Waals surface area contributed by atoms with Crippen molar-refractivity contribution in [2.75, 3.05) is 11.9 Å². The van der Waals surface area contributed by atoms with Crippen molar-refractivity contribution in [1.82, 2.24) is 10.6 Å². The Morgan fingerprint density at radius 1 is 1.15 bits per heavy atom. The molecule has 0 aliphatic carbocycles. The molecule has 0 bridgehead atoms. The number of benzene rings is 2. The lowest BCUT2D eigenvalue weighted by Crippen LogP contribution is -2.45. The highest BCUT2D eigenvalue weighted by Gasteiger charge is 2.29. The first kappa shape index (κ1) is 17.9. The van der Waals surface area contributed by atoms with Crippen molar-refractivity contribution in [1.29, 1.82) is 0 Å². The maximum atomic E-state index is 12.0. The van der Waals surface area contributed by atoms with Gasteiger partial charge in [0.2, 0.25) is 0 Å².